The number of hydrogen-bond acceptors (Lipinski definition) is 0. The molecule has 0 fully saturated rings. The minimum atomic E-state index is 0. The number of rotatable bonds is 1. The van der Waals surface area contributed by atoms with E-state index in [1.165, 1.54) is 0 Å². The van der Waals surface area contributed by atoms with Crippen LogP contribution in [0, 0.1) is 0 Å². The van der Waals surface area contributed by atoms with E-state index in [2.05, 4.69) is 6.58 Å². The number of hydrogen-bond donors (Lipinski definition) is 0. The molecule has 0 aliphatic carbocycles. The summed E-state index contributed by atoms with van der Waals surface area (Å²) in [6.45, 7) is 5.42. The van der Waals surface area contributed by atoms with E-state index in [4.69, 9.17) is 0 Å². The van der Waals surface area contributed by atoms with Gasteiger partial charge in [0.15, 0.2) is 0 Å². The summed E-state index contributed by atoms with van der Waals surface area (Å²) in [6.07, 6.45) is 5.58. The predicted molar refractivity (Wildman–Crippen MR) is 25.0 cm³/mol. The Morgan fingerprint density at radius 3 is 2.00 bits per heavy atom. The molecule has 0 saturated heterocycles. The molecule has 0 nitrogen and oxygen atoms in total. The summed E-state index contributed by atoms with van der Waals surface area (Å²) in [6, 6.07) is 0. The van der Waals surface area contributed by atoms with Gasteiger partial charge >= 0.3 is 0 Å². The van der Waals surface area contributed by atoms with E-state index in [1.807, 2.05) is 19.1 Å². The summed E-state index contributed by atoms with van der Waals surface area (Å²) in [4.78, 5) is 0. The fourth-order valence-electron chi connectivity index (χ4n) is 0.136. The first-order valence-corrected chi connectivity index (χ1v) is 1.65. The fraction of sp³-hybridized carbons (Fsp3) is 0.200. The van der Waals surface area contributed by atoms with Crippen molar-refractivity contribution in [3.63, 3.8) is 0 Å². The molecule has 6 heavy (non-hydrogen) atoms. The van der Waals surface area contributed by atoms with Gasteiger partial charge in [-0.25, -0.2) is 0 Å². The van der Waals surface area contributed by atoms with Gasteiger partial charge in [0.25, 0.3) is 0 Å². The van der Waals surface area contributed by atoms with Crippen molar-refractivity contribution in [3.05, 3.63) is 24.8 Å². The molecule has 0 N–H and O–H groups in total. The Labute approximate surface area is 49.4 Å². The van der Waals surface area contributed by atoms with Crippen LogP contribution in [0.3, 0.4) is 0 Å². The number of allylic oxidation sites excluding steroid dienone is 3. The Kier molecular flexibility index (Phi) is 13.9. The van der Waals surface area contributed by atoms with Crippen molar-refractivity contribution in [1.29, 1.82) is 0 Å². The van der Waals surface area contributed by atoms with Crippen LogP contribution in [-0.2, 0) is 17.1 Å². The van der Waals surface area contributed by atoms with Gasteiger partial charge in [0.2, 0.25) is 0 Å². The van der Waals surface area contributed by atoms with Crippen molar-refractivity contribution in [2.75, 3.05) is 0 Å². The smallest absolute Gasteiger partial charge is 0 e. The minimum Gasteiger partial charge on any atom is -0.0991 e. The van der Waals surface area contributed by atoms with Crippen LogP contribution in [0.1, 0.15) is 6.92 Å². The second-order valence-corrected chi connectivity index (χ2v) is 0.761. The molecule has 0 spiro atoms. The van der Waals surface area contributed by atoms with E-state index in [1.54, 1.807) is 6.08 Å². The molecule has 0 heterocycles. The average Bonchev–Trinajstić information content (AvgIpc) is 1.41. The summed E-state index contributed by atoms with van der Waals surface area (Å²) in [5.41, 5.74) is 0. The van der Waals surface area contributed by atoms with Gasteiger partial charge in [-0.1, -0.05) is 24.8 Å². The molecule has 0 atom stereocenters. The second kappa shape index (κ2) is 8.89. The monoisotopic (exact) mass is 124 g/mol. The van der Waals surface area contributed by atoms with Crippen LogP contribution in [0.5, 0.6) is 0 Å². The van der Waals surface area contributed by atoms with Crippen LogP contribution in [-0.4, -0.2) is 0 Å². The zero-order valence-electron chi connectivity index (χ0n) is 3.79. The van der Waals surface area contributed by atoms with E-state index in [0.29, 0.717) is 0 Å². The van der Waals surface area contributed by atoms with Crippen LogP contribution in [0.15, 0.2) is 24.8 Å². The quantitative estimate of drug-likeness (QED) is 0.369. The van der Waals surface area contributed by atoms with Gasteiger partial charge in [-0.2, -0.15) is 0 Å². The maximum absolute atomic E-state index is 3.46. The zero-order valence-corrected chi connectivity index (χ0v) is 4.90. The molecule has 1 heteroatoms. The first kappa shape index (κ1) is 9.37. The van der Waals surface area contributed by atoms with Gasteiger partial charge in [0.1, 0.15) is 0 Å². The van der Waals surface area contributed by atoms with Crippen LogP contribution in [0.2, 0.25) is 0 Å². The maximum Gasteiger partial charge on any atom is 0 e. The Bertz CT molecular complexity index is 45.9. The van der Waals surface area contributed by atoms with E-state index < -0.39 is 0 Å². The van der Waals surface area contributed by atoms with Crippen molar-refractivity contribution in [2.45, 2.75) is 6.92 Å². The Morgan fingerprint density at radius 1 is 1.50 bits per heavy atom. The third kappa shape index (κ3) is 9.00. The van der Waals surface area contributed by atoms with Crippen LogP contribution in [0.25, 0.3) is 0 Å². The molecule has 0 amide bonds. The molecule has 36 valence electrons. The molecule has 0 radical (unpaired) electrons. The Balaban J connectivity index is 0. The van der Waals surface area contributed by atoms with Crippen LogP contribution in [0.4, 0.5) is 0 Å². The van der Waals surface area contributed by atoms with E-state index in [0.717, 1.165) is 0 Å². The molecule has 0 unspecified atom stereocenters. The maximum atomic E-state index is 3.46. The van der Waals surface area contributed by atoms with E-state index >= 15 is 0 Å². The minimum absolute atomic E-state index is 0. The molecule has 0 aliphatic rings. The third-order valence-electron chi connectivity index (χ3n) is 0.329. The summed E-state index contributed by atoms with van der Waals surface area (Å²) >= 11 is 0. The molecular formula is C5H8Fe. The van der Waals surface area contributed by atoms with Gasteiger partial charge in [0, 0.05) is 17.1 Å². The van der Waals surface area contributed by atoms with Gasteiger partial charge in [-0.3, -0.25) is 0 Å². The molecule has 0 aliphatic heterocycles. The van der Waals surface area contributed by atoms with Crippen molar-refractivity contribution >= 4 is 0 Å². The average molecular weight is 124 g/mol. The second-order valence-electron chi connectivity index (χ2n) is 0.761. The standard InChI is InChI=1S/C5H8.Fe/c1-3-5-4-2;/h3-5H,1H2,2H3;. The third-order valence-corrected chi connectivity index (χ3v) is 0.329. The Morgan fingerprint density at radius 2 is 2.00 bits per heavy atom. The normalized spacial score (nSPS) is 7.50. The van der Waals surface area contributed by atoms with Crippen molar-refractivity contribution in [1.82, 2.24) is 0 Å². The Hall–Kier alpha value is -0.000519. The van der Waals surface area contributed by atoms with Crippen LogP contribution < -0.4 is 0 Å². The molecule has 0 rings (SSSR count). The summed E-state index contributed by atoms with van der Waals surface area (Å²) in [5, 5.41) is 0. The first-order valence-electron chi connectivity index (χ1n) is 1.65. The summed E-state index contributed by atoms with van der Waals surface area (Å²) < 4.78 is 0. The molecule has 0 saturated carbocycles. The predicted octanol–water partition coefficient (Wildman–Crippen LogP) is 1.75. The van der Waals surface area contributed by atoms with Gasteiger partial charge < -0.3 is 0 Å². The molecular weight excluding hydrogens is 116 g/mol. The van der Waals surface area contributed by atoms with Crippen molar-refractivity contribution < 1.29 is 17.1 Å². The molecule has 0 bridgehead atoms. The molecule has 0 aromatic heterocycles. The van der Waals surface area contributed by atoms with Crippen molar-refractivity contribution in [2.24, 2.45) is 0 Å². The van der Waals surface area contributed by atoms with Gasteiger partial charge in [-0.05, 0) is 6.92 Å². The van der Waals surface area contributed by atoms with Crippen LogP contribution >= 0.6 is 0 Å². The summed E-state index contributed by atoms with van der Waals surface area (Å²) in [5.74, 6) is 0. The van der Waals surface area contributed by atoms with E-state index in [-0.39, 0.29) is 17.1 Å². The van der Waals surface area contributed by atoms with Gasteiger partial charge in [0.05, 0.1) is 0 Å². The summed E-state index contributed by atoms with van der Waals surface area (Å²) in [7, 11) is 0. The molecule has 0 aromatic carbocycles. The van der Waals surface area contributed by atoms with Crippen molar-refractivity contribution in [3.8, 4) is 0 Å². The largest absolute Gasteiger partial charge is 0.0991 e. The fourth-order valence-corrected chi connectivity index (χ4v) is 0.136. The van der Waals surface area contributed by atoms with E-state index in [9.17, 15) is 0 Å². The zero-order chi connectivity index (χ0) is 4.12. The molecule has 0 aromatic rings. The van der Waals surface area contributed by atoms with Gasteiger partial charge in [-0.15, -0.1) is 0 Å². The first-order chi connectivity index (χ1) is 2.41. The topological polar surface area (TPSA) is 0 Å². The SMILES string of the molecule is C=CC=CC.[Fe].